The highest BCUT2D eigenvalue weighted by Crippen LogP contribution is 2.32. The quantitative estimate of drug-likeness (QED) is 0.894. The second kappa shape index (κ2) is 6.16. The SMILES string of the molecule is CN1C2CCCC1CC(NCc1ccccc1C(=O)O)C2. The zero-order valence-electron chi connectivity index (χ0n) is 12.6. The molecule has 2 bridgehead atoms. The molecule has 2 saturated heterocycles. The average molecular weight is 288 g/mol. The van der Waals surface area contributed by atoms with Gasteiger partial charge in [0.1, 0.15) is 0 Å². The standard InChI is InChI=1S/C17H24N2O2/c1-19-14-6-4-7-15(19)10-13(9-14)18-11-12-5-2-3-8-16(12)17(20)21/h2-3,5,8,13-15,18H,4,6-7,9-11H2,1H3,(H,20,21). The van der Waals surface area contributed by atoms with Crippen LogP contribution < -0.4 is 5.32 Å². The minimum atomic E-state index is -0.840. The molecule has 0 saturated carbocycles. The number of nitrogens with zero attached hydrogens (tertiary/aromatic N) is 1. The molecule has 2 atom stereocenters. The van der Waals surface area contributed by atoms with Crippen LogP contribution in [0.1, 0.15) is 48.0 Å². The molecule has 1 aromatic rings. The molecule has 0 radical (unpaired) electrons. The fourth-order valence-corrected chi connectivity index (χ4v) is 3.92. The molecule has 2 heterocycles. The van der Waals surface area contributed by atoms with Crippen LogP contribution in [0.25, 0.3) is 0 Å². The van der Waals surface area contributed by atoms with E-state index in [0.717, 1.165) is 5.56 Å². The Bertz CT molecular complexity index is 503. The fraction of sp³-hybridized carbons (Fsp3) is 0.588. The van der Waals surface area contributed by atoms with E-state index in [-0.39, 0.29) is 0 Å². The summed E-state index contributed by atoms with van der Waals surface area (Å²) < 4.78 is 0. The number of nitrogens with one attached hydrogen (secondary N) is 1. The van der Waals surface area contributed by atoms with Gasteiger partial charge >= 0.3 is 5.97 Å². The Morgan fingerprint density at radius 2 is 1.95 bits per heavy atom. The third-order valence-corrected chi connectivity index (χ3v) is 5.17. The van der Waals surface area contributed by atoms with Gasteiger partial charge in [-0.25, -0.2) is 4.79 Å². The van der Waals surface area contributed by atoms with Crippen LogP contribution in [-0.2, 0) is 6.54 Å². The van der Waals surface area contributed by atoms with E-state index in [1.54, 1.807) is 12.1 Å². The molecule has 4 nitrogen and oxygen atoms in total. The number of fused-ring (bicyclic) bond motifs is 2. The molecule has 2 aliphatic rings. The van der Waals surface area contributed by atoms with E-state index in [1.807, 2.05) is 12.1 Å². The lowest BCUT2D eigenvalue weighted by molar-refractivity contribution is 0.0481. The van der Waals surface area contributed by atoms with Crippen molar-refractivity contribution in [1.29, 1.82) is 0 Å². The number of aromatic carboxylic acids is 1. The predicted molar refractivity (Wildman–Crippen MR) is 82.5 cm³/mol. The van der Waals surface area contributed by atoms with E-state index in [1.165, 1.54) is 32.1 Å². The van der Waals surface area contributed by atoms with Gasteiger partial charge in [-0.1, -0.05) is 24.6 Å². The summed E-state index contributed by atoms with van der Waals surface area (Å²) in [5.41, 5.74) is 1.30. The van der Waals surface area contributed by atoms with Gasteiger partial charge < -0.3 is 15.3 Å². The second-order valence-electron chi connectivity index (χ2n) is 6.42. The van der Waals surface area contributed by atoms with E-state index < -0.39 is 5.97 Å². The molecule has 1 aromatic carbocycles. The van der Waals surface area contributed by atoms with Gasteiger partial charge in [-0.2, -0.15) is 0 Å². The first-order valence-electron chi connectivity index (χ1n) is 7.91. The lowest BCUT2D eigenvalue weighted by Crippen LogP contribution is -2.54. The monoisotopic (exact) mass is 288 g/mol. The number of benzene rings is 1. The van der Waals surface area contributed by atoms with Crippen LogP contribution in [0.5, 0.6) is 0 Å². The Morgan fingerprint density at radius 1 is 1.29 bits per heavy atom. The molecule has 0 amide bonds. The molecule has 3 rings (SSSR count). The number of carboxylic acids is 1. The van der Waals surface area contributed by atoms with E-state index >= 15 is 0 Å². The van der Waals surface area contributed by atoms with Crippen molar-refractivity contribution < 1.29 is 9.90 Å². The predicted octanol–water partition coefficient (Wildman–Crippen LogP) is 2.49. The maximum Gasteiger partial charge on any atom is 0.336 e. The molecule has 0 aliphatic carbocycles. The van der Waals surface area contributed by atoms with Crippen LogP contribution >= 0.6 is 0 Å². The summed E-state index contributed by atoms with van der Waals surface area (Å²) in [5, 5.41) is 12.8. The molecule has 114 valence electrons. The van der Waals surface area contributed by atoms with Crippen molar-refractivity contribution in [2.75, 3.05) is 7.05 Å². The molecule has 4 heteroatoms. The molecule has 2 N–H and O–H groups in total. The number of carboxylic acid groups (broad SMARTS) is 1. The summed E-state index contributed by atoms with van der Waals surface area (Å²) in [4.78, 5) is 13.8. The van der Waals surface area contributed by atoms with E-state index in [0.29, 0.717) is 30.2 Å². The molecule has 0 spiro atoms. The molecule has 2 aliphatic heterocycles. The second-order valence-corrected chi connectivity index (χ2v) is 6.42. The zero-order chi connectivity index (χ0) is 14.8. The molecule has 2 fully saturated rings. The van der Waals surface area contributed by atoms with Gasteiger partial charge in [0.05, 0.1) is 5.56 Å². The van der Waals surface area contributed by atoms with Gasteiger partial charge in [-0.15, -0.1) is 0 Å². The van der Waals surface area contributed by atoms with E-state index in [9.17, 15) is 9.90 Å². The van der Waals surface area contributed by atoms with Crippen LogP contribution in [0.2, 0.25) is 0 Å². The van der Waals surface area contributed by atoms with Crippen molar-refractivity contribution in [2.24, 2.45) is 0 Å². The van der Waals surface area contributed by atoms with Crippen LogP contribution in [-0.4, -0.2) is 41.1 Å². The molecule has 2 unspecified atom stereocenters. The highest BCUT2D eigenvalue weighted by Gasteiger charge is 2.35. The van der Waals surface area contributed by atoms with Crippen LogP contribution in [0.4, 0.5) is 0 Å². The number of rotatable bonds is 4. The van der Waals surface area contributed by atoms with Gasteiger partial charge in [-0.3, -0.25) is 0 Å². The lowest BCUT2D eigenvalue weighted by atomic mass is 9.82. The third-order valence-electron chi connectivity index (χ3n) is 5.17. The number of hydrogen-bond donors (Lipinski definition) is 2. The van der Waals surface area contributed by atoms with Crippen molar-refractivity contribution in [1.82, 2.24) is 10.2 Å². The summed E-state index contributed by atoms with van der Waals surface area (Å²) in [7, 11) is 2.25. The third kappa shape index (κ3) is 3.11. The Hall–Kier alpha value is -1.39. The number of carbonyl (C=O) groups is 1. The largest absolute Gasteiger partial charge is 0.478 e. The summed E-state index contributed by atoms with van der Waals surface area (Å²) in [6.07, 6.45) is 6.33. The Balaban J connectivity index is 1.62. The van der Waals surface area contributed by atoms with Gasteiger partial charge in [-0.05, 0) is 44.4 Å². The smallest absolute Gasteiger partial charge is 0.336 e. The van der Waals surface area contributed by atoms with Crippen LogP contribution in [0, 0.1) is 0 Å². The Kier molecular flexibility index (Phi) is 4.27. The minimum absolute atomic E-state index is 0.415. The summed E-state index contributed by atoms with van der Waals surface area (Å²) >= 11 is 0. The highest BCUT2D eigenvalue weighted by molar-refractivity contribution is 5.89. The van der Waals surface area contributed by atoms with Crippen molar-refractivity contribution in [3.8, 4) is 0 Å². The first-order chi connectivity index (χ1) is 10.1. The summed E-state index contributed by atoms with van der Waals surface area (Å²) in [6.45, 7) is 0.649. The number of piperidine rings is 2. The summed E-state index contributed by atoms with van der Waals surface area (Å²) in [5.74, 6) is -0.840. The van der Waals surface area contributed by atoms with Crippen molar-refractivity contribution in [2.45, 2.75) is 56.8 Å². The topological polar surface area (TPSA) is 52.6 Å². The molecular formula is C17H24N2O2. The van der Waals surface area contributed by atoms with Crippen molar-refractivity contribution >= 4 is 5.97 Å². The Labute approximate surface area is 126 Å². The zero-order valence-corrected chi connectivity index (χ0v) is 12.6. The van der Waals surface area contributed by atoms with E-state index in [4.69, 9.17) is 0 Å². The van der Waals surface area contributed by atoms with Gasteiger partial charge in [0.15, 0.2) is 0 Å². The lowest BCUT2D eigenvalue weighted by Gasteiger charge is -2.47. The Morgan fingerprint density at radius 3 is 2.62 bits per heavy atom. The maximum absolute atomic E-state index is 11.2. The molecule has 21 heavy (non-hydrogen) atoms. The van der Waals surface area contributed by atoms with E-state index in [2.05, 4.69) is 17.3 Å². The maximum atomic E-state index is 11.2. The molecule has 0 aromatic heterocycles. The van der Waals surface area contributed by atoms with Crippen molar-refractivity contribution in [3.63, 3.8) is 0 Å². The van der Waals surface area contributed by atoms with Gasteiger partial charge in [0.25, 0.3) is 0 Å². The van der Waals surface area contributed by atoms with Gasteiger partial charge in [0, 0.05) is 24.7 Å². The van der Waals surface area contributed by atoms with Gasteiger partial charge in [0.2, 0.25) is 0 Å². The average Bonchev–Trinajstić information content (AvgIpc) is 2.45. The highest BCUT2D eigenvalue weighted by atomic mass is 16.4. The number of hydrogen-bond acceptors (Lipinski definition) is 3. The van der Waals surface area contributed by atoms with Crippen LogP contribution in [0.15, 0.2) is 24.3 Å². The van der Waals surface area contributed by atoms with Crippen molar-refractivity contribution in [3.05, 3.63) is 35.4 Å². The minimum Gasteiger partial charge on any atom is -0.478 e. The van der Waals surface area contributed by atoms with Crippen LogP contribution in [0.3, 0.4) is 0 Å². The fourth-order valence-electron chi connectivity index (χ4n) is 3.92. The first-order valence-corrected chi connectivity index (χ1v) is 7.91. The normalized spacial score (nSPS) is 29.3. The molecular weight excluding hydrogens is 264 g/mol. The first kappa shape index (κ1) is 14.5. The summed E-state index contributed by atoms with van der Waals surface area (Å²) in [6, 6.07) is 9.20.